The van der Waals surface area contributed by atoms with Crippen molar-refractivity contribution in [3.8, 4) is 11.1 Å². The highest BCUT2D eigenvalue weighted by Gasteiger charge is 2.53. The second-order valence-corrected chi connectivity index (χ2v) is 11.9. The summed E-state index contributed by atoms with van der Waals surface area (Å²) in [5, 5.41) is 8.10. The van der Waals surface area contributed by atoms with Gasteiger partial charge in [-0.2, -0.15) is 5.10 Å². The fourth-order valence-electron chi connectivity index (χ4n) is 5.76. The van der Waals surface area contributed by atoms with Gasteiger partial charge in [0.25, 0.3) is 0 Å². The molecule has 0 unspecified atom stereocenters. The van der Waals surface area contributed by atoms with Gasteiger partial charge in [-0.05, 0) is 77.7 Å². The number of rotatable bonds is 6. The SMILES string of the molecule is CC(=O)c1nn(CC(=O)N2[C@H](C(=O)Nc3nc(Br)ccc3C)C[C@@]3(C)C=C=C[C@@H]23)c2ccc(-c3cnc(C)nc3)cc12. The smallest absolute Gasteiger partial charge is 0.248 e. The lowest BCUT2D eigenvalue weighted by molar-refractivity contribution is -0.138. The number of nitrogens with one attached hydrogen (secondary N) is 1. The fraction of sp³-hybridized carbons (Fsp3) is 0.290. The summed E-state index contributed by atoms with van der Waals surface area (Å²) >= 11 is 3.36. The van der Waals surface area contributed by atoms with Crippen molar-refractivity contribution in [3.05, 3.63) is 82.3 Å². The van der Waals surface area contributed by atoms with E-state index < -0.39 is 11.5 Å². The summed E-state index contributed by atoms with van der Waals surface area (Å²) in [6, 6.07) is 8.20. The zero-order valence-electron chi connectivity index (χ0n) is 23.6. The number of hydrogen-bond acceptors (Lipinski definition) is 7. The number of likely N-dealkylation sites (tertiary alicyclic amines) is 1. The summed E-state index contributed by atoms with van der Waals surface area (Å²) in [7, 11) is 0. The van der Waals surface area contributed by atoms with Gasteiger partial charge < -0.3 is 10.2 Å². The van der Waals surface area contributed by atoms with Gasteiger partial charge >= 0.3 is 0 Å². The van der Waals surface area contributed by atoms with Crippen LogP contribution in [0.2, 0.25) is 0 Å². The summed E-state index contributed by atoms with van der Waals surface area (Å²) < 4.78 is 2.14. The summed E-state index contributed by atoms with van der Waals surface area (Å²) in [4.78, 5) is 54.8. The van der Waals surface area contributed by atoms with Gasteiger partial charge in [0.05, 0.1) is 11.6 Å². The first-order chi connectivity index (χ1) is 20.0. The molecule has 0 saturated carbocycles. The molecular formula is C31H28BrN7O3. The number of ketones is 1. The van der Waals surface area contributed by atoms with Gasteiger partial charge in [-0.3, -0.25) is 19.1 Å². The van der Waals surface area contributed by atoms with Crippen molar-refractivity contribution in [2.75, 3.05) is 5.32 Å². The molecule has 3 aromatic heterocycles. The second kappa shape index (κ2) is 10.4. The predicted molar refractivity (Wildman–Crippen MR) is 161 cm³/mol. The van der Waals surface area contributed by atoms with Crippen LogP contribution in [0.5, 0.6) is 0 Å². The third-order valence-electron chi connectivity index (χ3n) is 7.99. The number of benzene rings is 1. The number of carbonyl (C=O) groups is 3. The molecule has 3 atom stereocenters. The molecule has 2 aliphatic rings. The summed E-state index contributed by atoms with van der Waals surface area (Å²) in [5.74, 6) is 0.292. The molecule has 0 radical (unpaired) electrons. The van der Waals surface area contributed by atoms with Gasteiger partial charge in [0, 0.05) is 35.7 Å². The Hall–Kier alpha value is -4.47. The van der Waals surface area contributed by atoms with Crippen LogP contribution in [0.3, 0.4) is 0 Å². The molecule has 212 valence electrons. The highest BCUT2D eigenvalue weighted by atomic mass is 79.9. The standard InChI is InChI=1S/C31H28BrN7O3/c1-17-7-10-26(32)35-29(17)36-30(42)24-13-31(4)11-5-6-25(31)39(24)27(41)16-38-23-9-8-20(21-14-33-19(3)34-15-21)12-22(23)28(37-38)18(2)40/h6-12,14-15,24-25H,13,16H2,1-4H3,(H,35,36,42)/t24-,25+,31+/m0/s1. The number of aryl methyl sites for hydroxylation is 2. The minimum Gasteiger partial charge on any atom is -0.321 e. The molecule has 2 amide bonds. The van der Waals surface area contributed by atoms with Gasteiger partial charge in [-0.25, -0.2) is 15.0 Å². The molecule has 1 aliphatic carbocycles. The third-order valence-corrected chi connectivity index (χ3v) is 8.43. The third kappa shape index (κ3) is 4.84. The van der Waals surface area contributed by atoms with Crippen LogP contribution < -0.4 is 5.32 Å². The lowest BCUT2D eigenvalue weighted by atomic mass is 9.84. The first kappa shape index (κ1) is 27.7. The van der Waals surface area contributed by atoms with Crippen molar-refractivity contribution >= 4 is 50.2 Å². The Bertz CT molecular complexity index is 1840. The average Bonchev–Trinajstić information content (AvgIpc) is 3.59. The number of aromatic nitrogens is 5. The number of hydrogen-bond donors (Lipinski definition) is 1. The molecule has 4 heterocycles. The molecule has 1 saturated heterocycles. The number of amides is 2. The van der Waals surface area contributed by atoms with Crippen molar-refractivity contribution in [1.82, 2.24) is 29.6 Å². The topological polar surface area (TPSA) is 123 Å². The lowest BCUT2D eigenvalue weighted by Crippen LogP contribution is -2.48. The maximum absolute atomic E-state index is 14.0. The Kier molecular flexibility index (Phi) is 6.87. The predicted octanol–water partition coefficient (Wildman–Crippen LogP) is 4.81. The Morgan fingerprint density at radius 2 is 1.88 bits per heavy atom. The number of pyridine rings is 1. The molecule has 0 bridgehead atoms. The first-order valence-electron chi connectivity index (χ1n) is 13.5. The van der Waals surface area contributed by atoms with Gasteiger partial charge in [0.2, 0.25) is 11.8 Å². The average molecular weight is 627 g/mol. The maximum atomic E-state index is 14.0. The lowest BCUT2D eigenvalue weighted by Gasteiger charge is -2.30. The van der Waals surface area contributed by atoms with E-state index in [1.54, 1.807) is 28.0 Å². The molecule has 1 aromatic carbocycles. The van der Waals surface area contributed by atoms with Gasteiger partial charge in [0.15, 0.2) is 5.78 Å². The number of carbonyl (C=O) groups excluding carboxylic acids is 3. The molecule has 11 heteroatoms. The van der Waals surface area contributed by atoms with E-state index >= 15 is 0 Å². The van der Waals surface area contributed by atoms with Crippen LogP contribution in [-0.2, 0) is 16.1 Å². The normalized spacial score (nSPS) is 20.7. The van der Waals surface area contributed by atoms with Crippen LogP contribution in [0.15, 0.2) is 65.2 Å². The van der Waals surface area contributed by atoms with E-state index in [4.69, 9.17) is 0 Å². The van der Waals surface area contributed by atoms with E-state index in [1.165, 1.54) is 6.92 Å². The molecule has 42 heavy (non-hydrogen) atoms. The largest absolute Gasteiger partial charge is 0.321 e. The van der Waals surface area contributed by atoms with E-state index in [2.05, 4.69) is 47.0 Å². The number of fused-ring (bicyclic) bond motifs is 2. The Balaban J connectivity index is 1.33. The molecule has 4 aromatic rings. The zero-order chi connectivity index (χ0) is 29.8. The van der Waals surface area contributed by atoms with Crippen LogP contribution >= 0.6 is 15.9 Å². The molecular weight excluding hydrogens is 598 g/mol. The van der Waals surface area contributed by atoms with Crippen molar-refractivity contribution in [2.24, 2.45) is 5.41 Å². The van der Waals surface area contributed by atoms with Crippen molar-refractivity contribution < 1.29 is 14.4 Å². The highest BCUT2D eigenvalue weighted by molar-refractivity contribution is 9.10. The quantitative estimate of drug-likeness (QED) is 0.185. The molecule has 0 spiro atoms. The highest BCUT2D eigenvalue weighted by Crippen LogP contribution is 2.45. The number of halogens is 1. The maximum Gasteiger partial charge on any atom is 0.248 e. The van der Waals surface area contributed by atoms with Crippen molar-refractivity contribution in [1.29, 1.82) is 0 Å². The molecule has 1 N–H and O–H groups in total. The number of nitrogens with zero attached hydrogens (tertiary/aromatic N) is 6. The zero-order valence-corrected chi connectivity index (χ0v) is 25.1. The summed E-state index contributed by atoms with van der Waals surface area (Å²) in [6.45, 7) is 7.01. The first-order valence-corrected chi connectivity index (χ1v) is 14.3. The minimum absolute atomic E-state index is 0.144. The number of anilines is 1. The minimum atomic E-state index is -0.732. The van der Waals surface area contributed by atoms with E-state index in [1.807, 2.05) is 57.2 Å². The molecule has 1 fully saturated rings. The van der Waals surface area contributed by atoms with Crippen LogP contribution in [0, 0.1) is 19.3 Å². The van der Waals surface area contributed by atoms with E-state index in [0.29, 0.717) is 33.6 Å². The Labute approximate surface area is 250 Å². The van der Waals surface area contributed by atoms with E-state index in [0.717, 1.165) is 16.7 Å². The van der Waals surface area contributed by atoms with Gasteiger partial charge in [-0.1, -0.05) is 19.1 Å². The van der Waals surface area contributed by atoms with Crippen LogP contribution in [0.4, 0.5) is 5.82 Å². The van der Waals surface area contributed by atoms with Crippen molar-refractivity contribution in [2.45, 2.75) is 52.7 Å². The molecule has 1 aliphatic heterocycles. The Morgan fingerprint density at radius 3 is 2.62 bits per heavy atom. The van der Waals surface area contributed by atoms with Crippen LogP contribution in [-0.4, -0.2) is 59.3 Å². The van der Waals surface area contributed by atoms with Crippen LogP contribution in [0.25, 0.3) is 22.0 Å². The fourth-order valence-corrected chi connectivity index (χ4v) is 6.07. The van der Waals surface area contributed by atoms with Crippen molar-refractivity contribution in [3.63, 3.8) is 0 Å². The van der Waals surface area contributed by atoms with Gasteiger partial charge in [-0.15, -0.1) is 5.73 Å². The number of Topliss-reactive ketones (excluding diaryl/α,β-unsaturated/α-hetero) is 1. The molecule has 10 nitrogen and oxygen atoms in total. The van der Waals surface area contributed by atoms with E-state index in [9.17, 15) is 14.4 Å². The second-order valence-electron chi connectivity index (χ2n) is 11.1. The monoisotopic (exact) mass is 625 g/mol. The summed E-state index contributed by atoms with van der Waals surface area (Å²) in [6.07, 6.45) is 7.67. The van der Waals surface area contributed by atoms with E-state index in [-0.39, 0.29) is 35.9 Å². The molecule has 6 rings (SSSR count). The Morgan fingerprint density at radius 1 is 1.12 bits per heavy atom. The van der Waals surface area contributed by atoms with Gasteiger partial charge in [0.1, 0.15) is 34.5 Å². The van der Waals surface area contributed by atoms with Crippen LogP contribution in [0.1, 0.15) is 42.1 Å². The summed E-state index contributed by atoms with van der Waals surface area (Å²) in [5.41, 5.74) is 6.07.